The van der Waals surface area contributed by atoms with Gasteiger partial charge in [0.2, 0.25) is 0 Å². The van der Waals surface area contributed by atoms with Gasteiger partial charge in [-0.2, -0.15) is 0 Å². The molecule has 0 saturated heterocycles. The summed E-state index contributed by atoms with van der Waals surface area (Å²) in [5.41, 5.74) is 7.09. The van der Waals surface area contributed by atoms with Crippen molar-refractivity contribution in [3.8, 4) is 11.3 Å². The van der Waals surface area contributed by atoms with Gasteiger partial charge in [-0.15, -0.1) is 0 Å². The fourth-order valence-corrected chi connectivity index (χ4v) is 5.41. The Kier molecular flexibility index (Phi) is 7.23. The van der Waals surface area contributed by atoms with Crippen LogP contribution in [0.25, 0.3) is 22.3 Å². The maximum Gasteiger partial charge on any atom is 0.303 e. The van der Waals surface area contributed by atoms with Crippen LogP contribution in [-0.2, 0) is 16.6 Å². The molecule has 38 heavy (non-hydrogen) atoms. The fraction of sp³-hybridized carbons (Fsp3) is 0.312. The van der Waals surface area contributed by atoms with E-state index >= 15 is 0 Å². The molecule has 1 aromatic heterocycles. The van der Waals surface area contributed by atoms with E-state index in [1.807, 2.05) is 54.6 Å². The predicted octanol–water partition coefficient (Wildman–Crippen LogP) is 6.64. The lowest BCUT2D eigenvalue weighted by Crippen LogP contribution is -2.35. The lowest BCUT2D eigenvalue weighted by molar-refractivity contribution is -0.137. The molecule has 1 aliphatic carbocycles. The second-order valence-electron chi connectivity index (χ2n) is 10.7. The Morgan fingerprint density at radius 1 is 0.947 bits per heavy atom. The summed E-state index contributed by atoms with van der Waals surface area (Å²) >= 11 is 0. The lowest BCUT2D eigenvalue weighted by atomic mass is 9.71. The number of amides is 1. The van der Waals surface area contributed by atoms with Crippen LogP contribution in [0, 0.1) is 0 Å². The molecule has 0 fully saturated rings. The molecule has 5 rings (SSSR count). The van der Waals surface area contributed by atoms with Crippen LogP contribution in [0.15, 0.2) is 72.8 Å². The minimum absolute atomic E-state index is 0.0289. The number of hydrogen-bond acceptors (Lipinski definition) is 4. The molecule has 1 aliphatic rings. The zero-order chi connectivity index (χ0) is 26.7. The van der Waals surface area contributed by atoms with Crippen molar-refractivity contribution in [2.24, 2.45) is 0 Å². The fourth-order valence-electron chi connectivity index (χ4n) is 5.41. The average Bonchev–Trinajstić information content (AvgIpc) is 2.92. The van der Waals surface area contributed by atoms with Gasteiger partial charge in [-0.1, -0.05) is 68.4 Å². The Bertz CT molecular complexity index is 1480. The van der Waals surface area contributed by atoms with E-state index in [1.54, 1.807) is 0 Å². The van der Waals surface area contributed by atoms with Gasteiger partial charge in [0.1, 0.15) is 0 Å². The highest BCUT2D eigenvalue weighted by atomic mass is 16.4. The molecule has 1 atom stereocenters. The van der Waals surface area contributed by atoms with Gasteiger partial charge in [-0.05, 0) is 66.8 Å². The monoisotopic (exact) mass is 507 g/mol. The van der Waals surface area contributed by atoms with Crippen LogP contribution < -0.4 is 5.32 Å². The summed E-state index contributed by atoms with van der Waals surface area (Å²) in [4.78, 5) is 34.1. The number of nitrogens with zero attached hydrogens (tertiary/aromatic N) is 2. The first kappa shape index (κ1) is 25.6. The number of carbonyl (C=O) groups excluding carboxylic acids is 1. The van der Waals surface area contributed by atoms with Crippen LogP contribution in [0.1, 0.15) is 79.2 Å². The predicted molar refractivity (Wildman–Crippen MR) is 149 cm³/mol. The zero-order valence-corrected chi connectivity index (χ0v) is 21.9. The Balaban J connectivity index is 1.43. The van der Waals surface area contributed by atoms with Crippen LogP contribution in [0.4, 0.5) is 0 Å². The summed E-state index contributed by atoms with van der Waals surface area (Å²) in [7, 11) is 0. The molecule has 1 amide bonds. The van der Waals surface area contributed by atoms with Crippen LogP contribution in [0.3, 0.4) is 0 Å². The van der Waals surface area contributed by atoms with E-state index in [1.165, 1.54) is 11.1 Å². The number of aromatic nitrogens is 2. The number of rotatable bonds is 8. The van der Waals surface area contributed by atoms with Crippen molar-refractivity contribution in [1.29, 1.82) is 0 Å². The number of nitrogens with one attached hydrogen (secondary N) is 1. The molecule has 1 heterocycles. The minimum atomic E-state index is -0.794. The highest BCUT2D eigenvalue weighted by Gasteiger charge is 2.33. The van der Waals surface area contributed by atoms with E-state index in [-0.39, 0.29) is 23.8 Å². The molecule has 0 bridgehead atoms. The number of benzene rings is 3. The second kappa shape index (κ2) is 10.7. The van der Waals surface area contributed by atoms with E-state index in [2.05, 4.69) is 37.4 Å². The van der Waals surface area contributed by atoms with E-state index < -0.39 is 5.97 Å². The highest BCUT2D eigenvalue weighted by Crippen LogP contribution is 2.41. The molecule has 0 spiro atoms. The number of aliphatic carboxylic acids is 1. The van der Waals surface area contributed by atoms with Gasteiger partial charge in [-0.3, -0.25) is 9.59 Å². The zero-order valence-electron chi connectivity index (χ0n) is 21.9. The summed E-state index contributed by atoms with van der Waals surface area (Å²) in [5, 5.41) is 12.3. The maximum atomic E-state index is 13.4. The van der Waals surface area contributed by atoms with E-state index in [9.17, 15) is 9.59 Å². The van der Waals surface area contributed by atoms with Crippen molar-refractivity contribution in [2.75, 3.05) is 0 Å². The van der Waals surface area contributed by atoms with Crippen molar-refractivity contribution in [2.45, 2.75) is 63.8 Å². The number of fused-ring (bicyclic) bond motifs is 2. The SMILES string of the molecule is CC1(C)CC[C@@H](NC(=O)c2ccc3nc(-c4ccccc4)c(CCCCC(=O)O)nc3c2)c2ccccc21. The molecule has 6 heteroatoms. The number of carboxylic acid groups (broad SMARTS) is 1. The summed E-state index contributed by atoms with van der Waals surface area (Å²) < 4.78 is 0. The van der Waals surface area contributed by atoms with Crippen LogP contribution in [-0.4, -0.2) is 27.0 Å². The molecule has 0 unspecified atom stereocenters. The third kappa shape index (κ3) is 5.44. The van der Waals surface area contributed by atoms with Crippen molar-refractivity contribution in [3.05, 3.63) is 95.2 Å². The molecular formula is C32H33N3O3. The summed E-state index contributed by atoms with van der Waals surface area (Å²) in [6.45, 7) is 4.52. The largest absolute Gasteiger partial charge is 0.481 e. The van der Waals surface area contributed by atoms with Gasteiger partial charge >= 0.3 is 5.97 Å². The maximum absolute atomic E-state index is 13.4. The first-order valence-corrected chi connectivity index (χ1v) is 13.3. The van der Waals surface area contributed by atoms with E-state index in [0.717, 1.165) is 35.3 Å². The third-order valence-corrected chi connectivity index (χ3v) is 7.53. The summed E-state index contributed by atoms with van der Waals surface area (Å²) in [6, 6.07) is 23.7. The molecule has 194 valence electrons. The first-order chi connectivity index (χ1) is 18.3. The molecule has 3 aromatic carbocycles. The van der Waals surface area contributed by atoms with Gasteiger partial charge in [0.05, 0.1) is 28.5 Å². The third-order valence-electron chi connectivity index (χ3n) is 7.53. The number of aryl methyl sites for hydroxylation is 1. The molecule has 0 saturated carbocycles. The van der Waals surface area contributed by atoms with Crippen LogP contribution >= 0.6 is 0 Å². The minimum Gasteiger partial charge on any atom is -0.481 e. The Morgan fingerprint density at radius 2 is 1.71 bits per heavy atom. The number of unbranched alkanes of at least 4 members (excludes halogenated alkanes) is 1. The molecule has 0 aliphatic heterocycles. The second-order valence-corrected chi connectivity index (χ2v) is 10.7. The standard InChI is InChI=1S/C32H33N3O3/c1-32(2)19-18-25(23-12-6-7-13-24(23)32)35-31(38)22-16-17-26-28(20-22)33-27(14-8-9-15-29(36)37)30(34-26)21-10-4-3-5-11-21/h3-7,10-13,16-17,20,25H,8-9,14-15,18-19H2,1-2H3,(H,35,38)(H,36,37)/t25-/m1/s1. The summed E-state index contributed by atoms with van der Waals surface area (Å²) in [6.07, 6.45) is 3.92. The smallest absolute Gasteiger partial charge is 0.303 e. The highest BCUT2D eigenvalue weighted by molar-refractivity contribution is 5.97. The van der Waals surface area contributed by atoms with Crippen molar-refractivity contribution in [1.82, 2.24) is 15.3 Å². The molecule has 0 radical (unpaired) electrons. The quantitative estimate of drug-likeness (QED) is 0.261. The number of hydrogen-bond donors (Lipinski definition) is 2. The topological polar surface area (TPSA) is 92.2 Å². The molecule has 4 aromatic rings. The van der Waals surface area contributed by atoms with Crippen molar-refractivity contribution in [3.63, 3.8) is 0 Å². The Labute approximate surface area is 223 Å². The Hall–Kier alpha value is -4.06. The lowest BCUT2D eigenvalue weighted by Gasteiger charge is -2.37. The van der Waals surface area contributed by atoms with Crippen molar-refractivity contribution >= 4 is 22.9 Å². The van der Waals surface area contributed by atoms with E-state index in [4.69, 9.17) is 15.1 Å². The van der Waals surface area contributed by atoms with Gasteiger partial charge in [0.25, 0.3) is 5.91 Å². The van der Waals surface area contributed by atoms with Gasteiger partial charge in [0, 0.05) is 17.5 Å². The van der Waals surface area contributed by atoms with Crippen molar-refractivity contribution < 1.29 is 14.7 Å². The molecule has 2 N–H and O–H groups in total. The van der Waals surface area contributed by atoms with Gasteiger partial charge < -0.3 is 10.4 Å². The number of carbonyl (C=O) groups is 2. The van der Waals surface area contributed by atoms with Crippen LogP contribution in [0.2, 0.25) is 0 Å². The van der Waals surface area contributed by atoms with Crippen LogP contribution in [0.5, 0.6) is 0 Å². The van der Waals surface area contributed by atoms with Gasteiger partial charge in [0.15, 0.2) is 0 Å². The number of carboxylic acids is 1. The summed E-state index contributed by atoms with van der Waals surface area (Å²) in [5.74, 6) is -0.916. The normalized spacial score (nSPS) is 16.1. The van der Waals surface area contributed by atoms with E-state index in [0.29, 0.717) is 30.3 Å². The Morgan fingerprint density at radius 3 is 2.50 bits per heavy atom. The van der Waals surface area contributed by atoms with Gasteiger partial charge in [-0.25, -0.2) is 9.97 Å². The molecule has 6 nitrogen and oxygen atoms in total. The first-order valence-electron chi connectivity index (χ1n) is 13.3. The average molecular weight is 508 g/mol. The molecular weight excluding hydrogens is 474 g/mol.